The van der Waals surface area contributed by atoms with Crippen LogP contribution in [-0.4, -0.2) is 41.3 Å². The Bertz CT molecular complexity index is 251. The van der Waals surface area contributed by atoms with Crippen LogP contribution in [0.1, 0.15) is 39.5 Å². The van der Waals surface area contributed by atoms with E-state index in [0.717, 1.165) is 25.0 Å². The van der Waals surface area contributed by atoms with Crippen LogP contribution in [0.15, 0.2) is 0 Å². The number of carbonyl (C=O) groups excluding carboxylic acids is 1. The van der Waals surface area contributed by atoms with Crippen molar-refractivity contribution in [2.45, 2.75) is 50.8 Å². The van der Waals surface area contributed by atoms with E-state index in [1.165, 1.54) is 6.42 Å². The predicted octanol–water partition coefficient (Wildman–Crippen LogP) is 1.98. The SMILES string of the molecule is CCSC1CCC(NC(=O)NCC(C)CCO)C1. The molecule has 1 rings (SSSR count). The molecule has 2 amide bonds. The molecule has 0 heterocycles. The number of aliphatic hydroxyl groups is 1. The highest BCUT2D eigenvalue weighted by Crippen LogP contribution is 2.29. The topological polar surface area (TPSA) is 61.4 Å². The van der Waals surface area contributed by atoms with Crippen molar-refractivity contribution < 1.29 is 9.90 Å². The van der Waals surface area contributed by atoms with Crippen molar-refractivity contribution in [1.82, 2.24) is 10.6 Å². The van der Waals surface area contributed by atoms with Gasteiger partial charge in [-0.2, -0.15) is 11.8 Å². The molecule has 5 heteroatoms. The van der Waals surface area contributed by atoms with Crippen LogP contribution in [0.5, 0.6) is 0 Å². The predicted molar refractivity (Wildman–Crippen MR) is 77.0 cm³/mol. The molecule has 1 saturated carbocycles. The number of amides is 2. The lowest BCUT2D eigenvalue weighted by molar-refractivity contribution is 0.230. The fraction of sp³-hybridized carbons (Fsp3) is 0.923. The minimum atomic E-state index is -0.0630. The molecule has 0 radical (unpaired) electrons. The van der Waals surface area contributed by atoms with E-state index in [2.05, 4.69) is 17.6 Å². The van der Waals surface area contributed by atoms with Crippen molar-refractivity contribution in [3.8, 4) is 0 Å². The molecule has 106 valence electrons. The lowest BCUT2D eigenvalue weighted by atomic mass is 10.1. The summed E-state index contributed by atoms with van der Waals surface area (Å²) in [6.45, 7) is 5.02. The molecule has 3 unspecified atom stereocenters. The van der Waals surface area contributed by atoms with Crippen molar-refractivity contribution in [3.63, 3.8) is 0 Å². The Balaban J connectivity index is 2.13. The van der Waals surface area contributed by atoms with Crippen LogP contribution in [0.2, 0.25) is 0 Å². The third kappa shape index (κ3) is 5.96. The fourth-order valence-electron chi connectivity index (χ4n) is 2.28. The summed E-state index contributed by atoms with van der Waals surface area (Å²) in [5.41, 5.74) is 0. The molecule has 4 nitrogen and oxygen atoms in total. The zero-order valence-electron chi connectivity index (χ0n) is 11.4. The van der Waals surface area contributed by atoms with Gasteiger partial charge in [-0.1, -0.05) is 13.8 Å². The van der Waals surface area contributed by atoms with E-state index < -0.39 is 0 Å². The maximum atomic E-state index is 11.7. The number of carbonyl (C=O) groups is 1. The standard InChI is InChI=1S/C13H26N2O2S/c1-3-18-12-5-4-11(8-12)15-13(17)14-9-10(2)6-7-16/h10-12,16H,3-9H2,1-2H3,(H2,14,15,17). The lowest BCUT2D eigenvalue weighted by Gasteiger charge is -2.16. The Morgan fingerprint density at radius 2 is 2.28 bits per heavy atom. The fourth-order valence-corrected chi connectivity index (χ4v) is 3.43. The van der Waals surface area contributed by atoms with Gasteiger partial charge >= 0.3 is 6.03 Å². The van der Waals surface area contributed by atoms with Crippen molar-refractivity contribution in [3.05, 3.63) is 0 Å². The molecule has 0 aromatic heterocycles. The van der Waals surface area contributed by atoms with Gasteiger partial charge in [0.1, 0.15) is 0 Å². The Morgan fingerprint density at radius 1 is 1.50 bits per heavy atom. The third-order valence-corrected chi connectivity index (χ3v) is 4.59. The number of hydrogen-bond acceptors (Lipinski definition) is 3. The summed E-state index contributed by atoms with van der Waals surface area (Å²) in [6.07, 6.45) is 4.14. The Kier molecular flexibility index (Phi) is 7.51. The molecular formula is C13H26N2O2S. The first-order valence-electron chi connectivity index (χ1n) is 6.92. The van der Waals surface area contributed by atoms with Gasteiger partial charge in [0.25, 0.3) is 0 Å². The minimum Gasteiger partial charge on any atom is -0.396 e. The third-order valence-electron chi connectivity index (χ3n) is 3.36. The zero-order chi connectivity index (χ0) is 13.4. The number of rotatable bonds is 7. The van der Waals surface area contributed by atoms with Crippen LogP contribution in [0, 0.1) is 5.92 Å². The summed E-state index contributed by atoms with van der Waals surface area (Å²) >= 11 is 2.00. The van der Waals surface area contributed by atoms with Gasteiger partial charge in [-0.25, -0.2) is 4.79 Å². The maximum absolute atomic E-state index is 11.7. The van der Waals surface area contributed by atoms with Crippen molar-refractivity contribution >= 4 is 17.8 Å². The van der Waals surface area contributed by atoms with E-state index in [1.54, 1.807) is 0 Å². The highest BCUT2D eigenvalue weighted by atomic mass is 32.2. The van der Waals surface area contributed by atoms with Crippen molar-refractivity contribution in [1.29, 1.82) is 0 Å². The normalized spacial score (nSPS) is 24.8. The summed E-state index contributed by atoms with van der Waals surface area (Å²) in [5.74, 6) is 1.48. The van der Waals surface area contributed by atoms with Crippen LogP contribution < -0.4 is 10.6 Å². The highest BCUT2D eigenvalue weighted by Gasteiger charge is 2.25. The van der Waals surface area contributed by atoms with Gasteiger partial charge < -0.3 is 15.7 Å². The van der Waals surface area contributed by atoms with Gasteiger partial charge in [-0.3, -0.25) is 0 Å². The first kappa shape index (κ1) is 15.6. The van der Waals surface area contributed by atoms with E-state index in [-0.39, 0.29) is 12.6 Å². The molecule has 0 aromatic rings. The number of aliphatic hydroxyl groups excluding tert-OH is 1. The van der Waals surface area contributed by atoms with Crippen LogP contribution in [0.3, 0.4) is 0 Å². The monoisotopic (exact) mass is 274 g/mol. The van der Waals surface area contributed by atoms with E-state index in [1.807, 2.05) is 18.7 Å². The first-order chi connectivity index (χ1) is 8.65. The summed E-state index contributed by atoms with van der Waals surface area (Å²) < 4.78 is 0. The molecule has 0 aliphatic heterocycles. The largest absolute Gasteiger partial charge is 0.396 e. The molecule has 3 N–H and O–H groups in total. The maximum Gasteiger partial charge on any atom is 0.315 e. The number of hydrogen-bond donors (Lipinski definition) is 3. The van der Waals surface area contributed by atoms with Gasteiger partial charge in [-0.05, 0) is 37.4 Å². The molecule has 0 bridgehead atoms. The summed E-state index contributed by atoms with van der Waals surface area (Å²) in [6, 6.07) is 0.272. The Morgan fingerprint density at radius 3 is 2.94 bits per heavy atom. The number of nitrogens with one attached hydrogen (secondary N) is 2. The smallest absolute Gasteiger partial charge is 0.315 e. The lowest BCUT2D eigenvalue weighted by Crippen LogP contribution is -2.42. The van der Waals surface area contributed by atoms with Crippen LogP contribution in [-0.2, 0) is 0 Å². The highest BCUT2D eigenvalue weighted by molar-refractivity contribution is 7.99. The average molecular weight is 274 g/mol. The van der Waals surface area contributed by atoms with E-state index in [9.17, 15) is 4.79 Å². The molecule has 1 aliphatic rings. The molecule has 18 heavy (non-hydrogen) atoms. The molecule has 1 aliphatic carbocycles. The van der Waals surface area contributed by atoms with E-state index in [4.69, 9.17) is 5.11 Å². The second kappa shape index (κ2) is 8.64. The summed E-state index contributed by atoms with van der Waals surface area (Å²) in [5, 5.41) is 15.4. The molecule has 3 atom stereocenters. The summed E-state index contributed by atoms with van der Waals surface area (Å²) in [7, 11) is 0. The zero-order valence-corrected chi connectivity index (χ0v) is 12.3. The van der Waals surface area contributed by atoms with Gasteiger partial charge in [0.05, 0.1) is 0 Å². The molecule has 0 saturated heterocycles. The summed E-state index contributed by atoms with van der Waals surface area (Å²) in [4.78, 5) is 11.7. The van der Waals surface area contributed by atoms with E-state index in [0.29, 0.717) is 23.8 Å². The molecule has 0 spiro atoms. The van der Waals surface area contributed by atoms with Crippen LogP contribution in [0.4, 0.5) is 4.79 Å². The quantitative estimate of drug-likeness (QED) is 0.665. The Hall–Kier alpha value is -0.420. The van der Waals surface area contributed by atoms with Crippen molar-refractivity contribution in [2.24, 2.45) is 5.92 Å². The van der Waals surface area contributed by atoms with Crippen LogP contribution in [0.25, 0.3) is 0 Å². The molecular weight excluding hydrogens is 248 g/mol. The van der Waals surface area contributed by atoms with Gasteiger partial charge in [0.2, 0.25) is 0 Å². The second-order valence-electron chi connectivity index (χ2n) is 5.06. The second-order valence-corrected chi connectivity index (χ2v) is 6.64. The van der Waals surface area contributed by atoms with Gasteiger partial charge in [0, 0.05) is 24.4 Å². The van der Waals surface area contributed by atoms with Gasteiger partial charge in [-0.15, -0.1) is 0 Å². The molecule has 0 aromatic carbocycles. The van der Waals surface area contributed by atoms with Gasteiger partial charge in [0.15, 0.2) is 0 Å². The number of thioether (sulfide) groups is 1. The number of urea groups is 1. The average Bonchev–Trinajstić information content (AvgIpc) is 2.75. The van der Waals surface area contributed by atoms with E-state index >= 15 is 0 Å². The first-order valence-corrected chi connectivity index (χ1v) is 7.97. The minimum absolute atomic E-state index is 0.0630. The Labute approximate surface area is 114 Å². The van der Waals surface area contributed by atoms with Crippen molar-refractivity contribution in [2.75, 3.05) is 18.9 Å². The molecule has 1 fully saturated rings. The van der Waals surface area contributed by atoms with Crippen LogP contribution >= 0.6 is 11.8 Å².